The van der Waals surface area contributed by atoms with Crippen molar-refractivity contribution in [2.45, 2.75) is 30.8 Å². The highest BCUT2D eigenvalue weighted by molar-refractivity contribution is 7.92. The SMILES string of the molecule is O=C(COc1ccc(S(=O)(=O)N2CCCc3ccccc32)cc1Cl)N(Cc1ccccc1)Cc1ccccc1. The van der Waals surface area contributed by atoms with Crippen LogP contribution in [-0.2, 0) is 34.3 Å². The fourth-order valence-corrected chi connectivity index (χ4v) is 6.57. The van der Waals surface area contributed by atoms with Crippen LogP contribution in [0, 0.1) is 0 Å². The molecule has 0 fully saturated rings. The number of nitrogens with zero attached hydrogens (tertiary/aromatic N) is 2. The van der Waals surface area contributed by atoms with E-state index in [1.807, 2.05) is 84.9 Å². The van der Waals surface area contributed by atoms with E-state index in [1.165, 1.54) is 22.5 Å². The van der Waals surface area contributed by atoms with Crippen molar-refractivity contribution in [2.24, 2.45) is 0 Å². The fourth-order valence-electron chi connectivity index (χ4n) is 4.71. The Morgan fingerprint density at radius 2 is 1.46 bits per heavy atom. The zero-order chi connectivity index (χ0) is 27.2. The predicted molar refractivity (Wildman–Crippen MR) is 153 cm³/mol. The number of benzene rings is 4. The number of sulfonamides is 1. The Kier molecular flexibility index (Phi) is 8.19. The van der Waals surface area contributed by atoms with Gasteiger partial charge in [-0.1, -0.05) is 90.5 Å². The summed E-state index contributed by atoms with van der Waals surface area (Å²) in [7, 11) is -3.81. The van der Waals surface area contributed by atoms with Crippen LogP contribution < -0.4 is 9.04 Å². The number of anilines is 1. The summed E-state index contributed by atoms with van der Waals surface area (Å²) in [6.45, 7) is 1.04. The molecule has 1 amide bonds. The van der Waals surface area contributed by atoms with Gasteiger partial charge in [0.25, 0.3) is 15.9 Å². The summed E-state index contributed by atoms with van der Waals surface area (Å²) in [6.07, 6.45) is 1.59. The first kappa shape index (κ1) is 26.8. The molecule has 0 saturated heterocycles. The number of para-hydroxylation sites is 1. The highest BCUT2D eigenvalue weighted by atomic mass is 35.5. The molecule has 4 aromatic rings. The van der Waals surface area contributed by atoms with Crippen LogP contribution in [0.5, 0.6) is 5.75 Å². The van der Waals surface area contributed by atoms with Crippen molar-refractivity contribution in [2.75, 3.05) is 17.5 Å². The van der Waals surface area contributed by atoms with Crippen LogP contribution in [0.25, 0.3) is 0 Å². The molecule has 200 valence electrons. The summed E-state index contributed by atoms with van der Waals surface area (Å²) in [5.74, 6) is 0.0442. The third kappa shape index (κ3) is 6.27. The average Bonchev–Trinajstić information content (AvgIpc) is 2.96. The first-order chi connectivity index (χ1) is 18.9. The number of fused-ring (bicyclic) bond motifs is 1. The molecule has 1 aliphatic heterocycles. The van der Waals surface area contributed by atoms with E-state index >= 15 is 0 Å². The number of ether oxygens (including phenoxy) is 1. The first-order valence-electron chi connectivity index (χ1n) is 12.8. The Bertz CT molecular complexity index is 1500. The van der Waals surface area contributed by atoms with Gasteiger partial charge in [0, 0.05) is 19.6 Å². The molecular formula is C31H29ClN2O4S. The van der Waals surface area contributed by atoms with Crippen molar-refractivity contribution in [1.29, 1.82) is 0 Å². The van der Waals surface area contributed by atoms with Gasteiger partial charge in [0.05, 0.1) is 15.6 Å². The van der Waals surface area contributed by atoms with Gasteiger partial charge in [-0.15, -0.1) is 0 Å². The molecule has 8 heteroatoms. The van der Waals surface area contributed by atoms with Gasteiger partial charge in [0.1, 0.15) is 5.75 Å². The largest absolute Gasteiger partial charge is 0.482 e. The number of hydrogen-bond donors (Lipinski definition) is 0. The monoisotopic (exact) mass is 560 g/mol. The molecule has 0 radical (unpaired) electrons. The Labute approximate surface area is 234 Å². The highest BCUT2D eigenvalue weighted by Crippen LogP contribution is 2.34. The van der Waals surface area contributed by atoms with Crippen molar-refractivity contribution in [3.05, 3.63) is 125 Å². The number of carbonyl (C=O) groups is 1. The van der Waals surface area contributed by atoms with Gasteiger partial charge in [-0.2, -0.15) is 0 Å². The topological polar surface area (TPSA) is 66.9 Å². The number of amides is 1. The molecule has 1 aliphatic rings. The summed E-state index contributed by atoms with van der Waals surface area (Å²) in [4.78, 5) is 15.0. The van der Waals surface area contributed by atoms with E-state index in [-0.39, 0.29) is 28.2 Å². The van der Waals surface area contributed by atoms with Crippen molar-refractivity contribution < 1.29 is 17.9 Å². The van der Waals surface area contributed by atoms with Crippen molar-refractivity contribution in [3.8, 4) is 5.75 Å². The van der Waals surface area contributed by atoms with Gasteiger partial charge in [-0.05, 0) is 53.8 Å². The molecule has 0 aliphatic carbocycles. The van der Waals surface area contributed by atoms with Crippen molar-refractivity contribution in [3.63, 3.8) is 0 Å². The number of halogens is 1. The molecule has 0 atom stereocenters. The van der Waals surface area contributed by atoms with E-state index < -0.39 is 10.0 Å². The maximum Gasteiger partial charge on any atom is 0.264 e. The molecular weight excluding hydrogens is 532 g/mol. The average molecular weight is 561 g/mol. The summed E-state index contributed by atoms with van der Waals surface area (Å²) in [5, 5.41) is 0.131. The van der Waals surface area contributed by atoms with Gasteiger partial charge in [-0.25, -0.2) is 8.42 Å². The third-order valence-corrected chi connectivity index (χ3v) is 8.80. The number of rotatable bonds is 9. The number of hydrogen-bond acceptors (Lipinski definition) is 4. The number of aryl methyl sites for hydroxylation is 1. The Morgan fingerprint density at radius 1 is 0.846 bits per heavy atom. The van der Waals surface area contributed by atoms with Crippen LogP contribution in [0.15, 0.2) is 108 Å². The second-order valence-corrected chi connectivity index (χ2v) is 11.7. The van der Waals surface area contributed by atoms with Gasteiger partial charge in [-0.3, -0.25) is 9.10 Å². The highest BCUT2D eigenvalue weighted by Gasteiger charge is 2.29. The molecule has 0 saturated carbocycles. The van der Waals surface area contributed by atoms with E-state index in [2.05, 4.69) is 0 Å². The lowest BCUT2D eigenvalue weighted by atomic mass is 10.0. The Balaban J connectivity index is 1.30. The Hall–Kier alpha value is -3.81. The maximum absolute atomic E-state index is 13.5. The van der Waals surface area contributed by atoms with E-state index in [9.17, 15) is 13.2 Å². The lowest BCUT2D eigenvalue weighted by Gasteiger charge is -2.30. The van der Waals surface area contributed by atoms with Crippen LogP contribution >= 0.6 is 11.6 Å². The fraction of sp³-hybridized carbons (Fsp3) is 0.194. The zero-order valence-electron chi connectivity index (χ0n) is 21.4. The lowest BCUT2D eigenvalue weighted by molar-refractivity contribution is -0.134. The first-order valence-corrected chi connectivity index (χ1v) is 14.6. The van der Waals surface area contributed by atoms with Crippen LogP contribution in [0.4, 0.5) is 5.69 Å². The van der Waals surface area contributed by atoms with Crippen molar-refractivity contribution >= 4 is 33.2 Å². The molecule has 0 aromatic heterocycles. The normalized spacial score (nSPS) is 13.0. The van der Waals surface area contributed by atoms with Crippen LogP contribution in [-0.4, -0.2) is 32.4 Å². The molecule has 0 N–H and O–H groups in total. The molecule has 1 heterocycles. The molecule has 4 aromatic carbocycles. The molecule has 5 rings (SSSR count). The van der Waals surface area contributed by atoms with Crippen LogP contribution in [0.2, 0.25) is 5.02 Å². The van der Waals surface area contributed by atoms with Gasteiger partial charge < -0.3 is 9.64 Å². The van der Waals surface area contributed by atoms with Crippen LogP contribution in [0.1, 0.15) is 23.1 Å². The van der Waals surface area contributed by atoms with E-state index in [0.29, 0.717) is 25.3 Å². The molecule has 0 bridgehead atoms. The second-order valence-electron chi connectivity index (χ2n) is 9.41. The third-order valence-electron chi connectivity index (χ3n) is 6.70. The lowest BCUT2D eigenvalue weighted by Crippen LogP contribution is -2.35. The standard InChI is InChI=1S/C31H29ClN2O4S/c32-28-20-27(39(36,37)34-19-9-15-26-14-7-8-16-29(26)34)17-18-30(28)38-23-31(35)33(21-24-10-3-1-4-11-24)22-25-12-5-2-6-13-25/h1-8,10-14,16-18,20H,9,15,19,21-23H2. The minimum atomic E-state index is -3.81. The summed E-state index contributed by atoms with van der Waals surface area (Å²) < 4.78 is 34.2. The van der Waals surface area contributed by atoms with Crippen LogP contribution in [0.3, 0.4) is 0 Å². The quantitative estimate of drug-likeness (QED) is 0.248. The molecule has 39 heavy (non-hydrogen) atoms. The zero-order valence-corrected chi connectivity index (χ0v) is 22.9. The molecule has 6 nitrogen and oxygen atoms in total. The van der Waals surface area contributed by atoms with Gasteiger partial charge >= 0.3 is 0 Å². The van der Waals surface area contributed by atoms with Gasteiger partial charge in [0.15, 0.2) is 6.61 Å². The van der Waals surface area contributed by atoms with E-state index in [0.717, 1.165) is 29.5 Å². The summed E-state index contributed by atoms with van der Waals surface area (Å²) in [5.41, 5.74) is 3.72. The Morgan fingerprint density at radius 3 is 2.10 bits per heavy atom. The van der Waals surface area contributed by atoms with Gasteiger partial charge in [0.2, 0.25) is 0 Å². The number of carbonyl (C=O) groups excluding carboxylic acids is 1. The van der Waals surface area contributed by atoms with E-state index in [4.69, 9.17) is 16.3 Å². The second kappa shape index (κ2) is 11.9. The summed E-state index contributed by atoms with van der Waals surface area (Å²) >= 11 is 6.46. The predicted octanol–water partition coefficient (Wildman–Crippen LogP) is 6.09. The maximum atomic E-state index is 13.5. The van der Waals surface area contributed by atoms with Crippen molar-refractivity contribution in [1.82, 2.24) is 4.90 Å². The minimum absolute atomic E-state index is 0.0812. The molecule has 0 unspecified atom stereocenters. The van der Waals surface area contributed by atoms with E-state index in [1.54, 1.807) is 4.90 Å². The molecule has 0 spiro atoms. The minimum Gasteiger partial charge on any atom is -0.482 e. The smallest absolute Gasteiger partial charge is 0.264 e. The summed E-state index contributed by atoms with van der Waals surface area (Å²) in [6, 6.07) is 31.4.